The highest BCUT2D eigenvalue weighted by molar-refractivity contribution is 7.99. The number of nitrogens with zero attached hydrogens (tertiary/aromatic N) is 2. The molecule has 2 aromatic carbocycles. The van der Waals surface area contributed by atoms with Crippen LogP contribution in [0.5, 0.6) is 0 Å². The predicted octanol–water partition coefficient (Wildman–Crippen LogP) is 4.57. The van der Waals surface area contributed by atoms with Crippen molar-refractivity contribution >= 4 is 35.3 Å². The highest BCUT2D eigenvalue weighted by atomic mass is 35.5. The molecule has 0 radical (unpaired) electrons. The topological polar surface area (TPSA) is 23.6 Å². The number of halogens is 2. The monoisotopic (exact) mass is 418 g/mol. The number of hydrogen-bond donors (Lipinski definition) is 0. The average molecular weight is 419 g/mol. The van der Waals surface area contributed by atoms with Crippen LogP contribution in [0.2, 0.25) is 5.02 Å². The van der Waals surface area contributed by atoms with E-state index in [0.29, 0.717) is 22.1 Å². The minimum atomic E-state index is -0.315. The first-order valence-corrected chi connectivity index (χ1v) is 10.9. The average Bonchev–Trinajstić information content (AvgIpc) is 2.71. The minimum Gasteiger partial charge on any atom is -0.339 e. The van der Waals surface area contributed by atoms with Crippen LogP contribution in [0.25, 0.3) is 6.08 Å². The SMILES string of the molecule is O=C(CSCc1c(F)cccc1Cl)N1CCN(C/C=C/c2ccccc2)CC1. The Labute approximate surface area is 175 Å². The Hall–Kier alpha value is -1.82. The van der Waals surface area contributed by atoms with Crippen LogP contribution in [-0.2, 0) is 10.5 Å². The second kappa shape index (κ2) is 10.6. The zero-order valence-corrected chi connectivity index (χ0v) is 17.3. The Morgan fingerprint density at radius 3 is 2.54 bits per heavy atom. The molecule has 3 nitrogen and oxygen atoms in total. The number of thioether (sulfide) groups is 1. The summed E-state index contributed by atoms with van der Waals surface area (Å²) in [6.07, 6.45) is 4.29. The van der Waals surface area contributed by atoms with E-state index in [9.17, 15) is 9.18 Å². The van der Waals surface area contributed by atoms with Crippen molar-refractivity contribution in [3.8, 4) is 0 Å². The summed E-state index contributed by atoms with van der Waals surface area (Å²) < 4.78 is 13.8. The van der Waals surface area contributed by atoms with Gasteiger partial charge in [-0.05, 0) is 17.7 Å². The van der Waals surface area contributed by atoms with Crippen molar-refractivity contribution in [3.05, 3.63) is 76.6 Å². The zero-order valence-electron chi connectivity index (χ0n) is 15.7. The number of rotatable bonds is 7. The fourth-order valence-corrected chi connectivity index (χ4v) is 4.35. The minimum absolute atomic E-state index is 0.108. The molecule has 1 saturated heterocycles. The summed E-state index contributed by atoms with van der Waals surface area (Å²) in [6.45, 7) is 4.10. The lowest BCUT2D eigenvalue weighted by Gasteiger charge is -2.34. The van der Waals surface area contributed by atoms with Crippen molar-refractivity contribution < 1.29 is 9.18 Å². The molecule has 0 bridgehead atoms. The quantitative estimate of drug-likeness (QED) is 0.658. The summed E-state index contributed by atoms with van der Waals surface area (Å²) >= 11 is 7.44. The maximum atomic E-state index is 13.8. The third-order valence-electron chi connectivity index (χ3n) is 4.73. The lowest BCUT2D eigenvalue weighted by Crippen LogP contribution is -2.49. The number of piperazine rings is 1. The van der Waals surface area contributed by atoms with E-state index in [2.05, 4.69) is 29.2 Å². The van der Waals surface area contributed by atoms with E-state index in [0.717, 1.165) is 32.7 Å². The summed E-state index contributed by atoms with van der Waals surface area (Å²) in [6, 6.07) is 14.9. The Bertz CT molecular complexity index is 787. The first-order valence-electron chi connectivity index (χ1n) is 9.36. The molecule has 1 heterocycles. The summed E-state index contributed by atoms with van der Waals surface area (Å²) in [7, 11) is 0. The standard InChI is InChI=1S/C22H24ClFN2OS/c23-20-9-4-10-21(24)19(20)16-28-17-22(27)26-14-12-25(13-15-26)11-5-8-18-6-2-1-3-7-18/h1-10H,11-17H2/b8-5+. The Balaban J connectivity index is 1.37. The van der Waals surface area contributed by atoms with Gasteiger partial charge in [0.25, 0.3) is 0 Å². The van der Waals surface area contributed by atoms with E-state index in [4.69, 9.17) is 11.6 Å². The number of amides is 1. The number of hydrogen-bond acceptors (Lipinski definition) is 3. The van der Waals surface area contributed by atoms with Gasteiger partial charge in [0.1, 0.15) is 5.82 Å². The van der Waals surface area contributed by atoms with Crippen LogP contribution in [0.3, 0.4) is 0 Å². The van der Waals surface area contributed by atoms with Crippen molar-refractivity contribution in [2.45, 2.75) is 5.75 Å². The molecular formula is C22H24ClFN2OS. The molecule has 28 heavy (non-hydrogen) atoms. The van der Waals surface area contributed by atoms with Crippen LogP contribution in [0.4, 0.5) is 4.39 Å². The van der Waals surface area contributed by atoms with Crippen LogP contribution in [0.15, 0.2) is 54.6 Å². The molecule has 3 rings (SSSR count). The van der Waals surface area contributed by atoms with Crippen molar-refractivity contribution in [1.29, 1.82) is 0 Å². The summed E-state index contributed by atoms with van der Waals surface area (Å²) in [5.41, 5.74) is 1.67. The maximum Gasteiger partial charge on any atom is 0.232 e. The van der Waals surface area contributed by atoms with E-state index in [1.54, 1.807) is 12.1 Å². The van der Waals surface area contributed by atoms with Crippen LogP contribution in [0, 0.1) is 5.82 Å². The van der Waals surface area contributed by atoms with Gasteiger partial charge in [0.05, 0.1) is 5.75 Å². The predicted molar refractivity (Wildman–Crippen MR) is 116 cm³/mol. The molecule has 2 aromatic rings. The Morgan fingerprint density at radius 1 is 1.07 bits per heavy atom. The molecule has 1 fully saturated rings. The van der Waals surface area contributed by atoms with E-state index in [-0.39, 0.29) is 11.7 Å². The first kappa shape index (κ1) is 20.9. The van der Waals surface area contributed by atoms with Gasteiger partial charge in [-0.25, -0.2) is 4.39 Å². The van der Waals surface area contributed by atoms with E-state index in [1.165, 1.54) is 23.4 Å². The van der Waals surface area contributed by atoms with Gasteiger partial charge in [-0.2, -0.15) is 0 Å². The molecule has 1 amide bonds. The maximum absolute atomic E-state index is 13.8. The molecule has 0 unspecified atom stereocenters. The van der Waals surface area contributed by atoms with Crippen LogP contribution >= 0.6 is 23.4 Å². The highest BCUT2D eigenvalue weighted by Crippen LogP contribution is 2.24. The largest absolute Gasteiger partial charge is 0.339 e. The van der Waals surface area contributed by atoms with Gasteiger partial charge in [-0.1, -0.05) is 60.2 Å². The Morgan fingerprint density at radius 2 is 1.82 bits per heavy atom. The fourth-order valence-electron chi connectivity index (χ4n) is 3.08. The molecule has 0 spiro atoms. The number of carbonyl (C=O) groups excluding carboxylic acids is 1. The lowest BCUT2D eigenvalue weighted by atomic mass is 10.2. The molecule has 0 aliphatic carbocycles. The summed E-state index contributed by atoms with van der Waals surface area (Å²) in [5, 5.41) is 0.414. The molecule has 0 aromatic heterocycles. The van der Waals surface area contributed by atoms with E-state index < -0.39 is 0 Å². The van der Waals surface area contributed by atoms with Crippen molar-refractivity contribution in [1.82, 2.24) is 9.80 Å². The first-order chi connectivity index (χ1) is 13.6. The van der Waals surface area contributed by atoms with Gasteiger partial charge >= 0.3 is 0 Å². The van der Waals surface area contributed by atoms with Gasteiger partial charge in [0, 0.05) is 49.1 Å². The Kier molecular flexibility index (Phi) is 7.95. The van der Waals surface area contributed by atoms with E-state index in [1.807, 2.05) is 23.1 Å². The number of carbonyl (C=O) groups is 1. The van der Waals surface area contributed by atoms with Crippen LogP contribution < -0.4 is 0 Å². The molecule has 1 aliphatic heterocycles. The fraction of sp³-hybridized carbons (Fsp3) is 0.318. The van der Waals surface area contributed by atoms with Crippen molar-refractivity contribution in [3.63, 3.8) is 0 Å². The summed E-state index contributed by atoms with van der Waals surface area (Å²) in [4.78, 5) is 16.6. The van der Waals surface area contributed by atoms with Gasteiger partial charge in [-0.15, -0.1) is 11.8 Å². The number of benzene rings is 2. The van der Waals surface area contributed by atoms with Crippen molar-refractivity contribution in [2.24, 2.45) is 0 Å². The molecule has 0 N–H and O–H groups in total. The molecule has 0 saturated carbocycles. The van der Waals surface area contributed by atoms with Gasteiger partial charge in [-0.3, -0.25) is 9.69 Å². The third kappa shape index (κ3) is 6.09. The third-order valence-corrected chi connectivity index (χ3v) is 6.03. The molecule has 148 valence electrons. The van der Waals surface area contributed by atoms with Gasteiger partial charge < -0.3 is 4.90 Å². The lowest BCUT2D eigenvalue weighted by molar-refractivity contribution is -0.129. The van der Waals surface area contributed by atoms with Crippen LogP contribution in [0.1, 0.15) is 11.1 Å². The normalized spacial score (nSPS) is 15.3. The van der Waals surface area contributed by atoms with Gasteiger partial charge in [0.15, 0.2) is 0 Å². The second-order valence-corrected chi connectivity index (χ2v) is 8.08. The molecule has 1 aliphatic rings. The molecular weight excluding hydrogens is 395 g/mol. The second-order valence-electron chi connectivity index (χ2n) is 6.69. The zero-order chi connectivity index (χ0) is 19.8. The highest BCUT2D eigenvalue weighted by Gasteiger charge is 2.20. The molecule has 6 heteroatoms. The molecule has 0 atom stereocenters. The van der Waals surface area contributed by atoms with E-state index >= 15 is 0 Å². The van der Waals surface area contributed by atoms with Crippen molar-refractivity contribution in [2.75, 3.05) is 38.5 Å². The summed E-state index contributed by atoms with van der Waals surface area (Å²) in [5.74, 6) is 0.543. The van der Waals surface area contributed by atoms with Crippen LogP contribution in [-0.4, -0.2) is 54.2 Å². The smallest absolute Gasteiger partial charge is 0.232 e. The van der Waals surface area contributed by atoms with Gasteiger partial charge in [0.2, 0.25) is 5.91 Å².